The molecule has 26 heavy (non-hydrogen) atoms. The maximum Gasteiger partial charge on any atom is 0.407 e. The first-order valence-corrected chi connectivity index (χ1v) is 8.64. The van der Waals surface area contributed by atoms with Gasteiger partial charge >= 0.3 is 6.09 Å². The van der Waals surface area contributed by atoms with Crippen LogP contribution in [0.3, 0.4) is 0 Å². The molecule has 0 aromatic heterocycles. The molecule has 144 valence electrons. The minimum atomic E-state index is -0.791. The number of piperidine rings is 1. The van der Waals surface area contributed by atoms with Crippen LogP contribution in [0, 0.1) is 0 Å². The summed E-state index contributed by atoms with van der Waals surface area (Å²) in [5.74, 6) is -1.42. The Balaban J connectivity index is 2.77. The molecule has 0 radical (unpaired) electrons. The van der Waals surface area contributed by atoms with Gasteiger partial charge in [0.25, 0.3) is 5.91 Å². The van der Waals surface area contributed by atoms with Gasteiger partial charge in [-0.3, -0.25) is 19.7 Å². The van der Waals surface area contributed by atoms with Crippen molar-refractivity contribution < 1.29 is 23.9 Å². The smallest absolute Gasteiger partial charge is 0.407 e. The van der Waals surface area contributed by atoms with Gasteiger partial charge < -0.3 is 15.4 Å². The highest BCUT2D eigenvalue weighted by molar-refractivity contribution is 7.84. The van der Waals surface area contributed by atoms with Gasteiger partial charge in [0.2, 0.25) is 11.8 Å². The Kier molecular flexibility index (Phi) is 7.88. The van der Waals surface area contributed by atoms with Crippen molar-refractivity contribution in [3.8, 4) is 0 Å². The number of hydrogen-bond acceptors (Lipinski definition) is 6. The number of thiol groups is 1. The van der Waals surface area contributed by atoms with Crippen LogP contribution >= 0.6 is 12.6 Å². The Bertz CT molecular complexity index is 649. The summed E-state index contributed by atoms with van der Waals surface area (Å²) in [6, 6.07) is -0.791. The maximum absolute atomic E-state index is 12.5. The highest BCUT2D eigenvalue weighted by Gasteiger charge is 2.28. The van der Waals surface area contributed by atoms with Gasteiger partial charge in [0.15, 0.2) is 0 Å². The third-order valence-corrected chi connectivity index (χ3v) is 3.63. The fraction of sp³-hybridized carbons (Fsp3) is 0.529. The molecule has 1 fully saturated rings. The van der Waals surface area contributed by atoms with E-state index in [9.17, 15) is 19.2 Å². The maximum atomic E-state index is 12.5. The van der Waals surface area contributed by atoms with E-state index >= 15 is 0 Å². The lowest BCUT2D eigenvalue weighted by molar-refractivity contribution is -0.136. The van der Waals surface area contributed by atoms with E-state index in [1.54, 1.807) is 33.8 Å². The second-order valence-corrected chi connectivity index (χ2v) is 7.23. The molecule has 1 saturated heterocycles. The lowest BCUT2D eigenvalue weighted by Crippen LogP contribution is -2.52. The number of hydrogen-bond donors (Lipinski definition) is 4. The second-order valence-electron chi connectivity index (χ2n) is 6.69. The molecule has 1 unspecified atom stereocenters. The summed E-state index contributed by atoms with van der Waals surface area (Å²) in [5, 5.41) is 7.27. The fourth-order valence-corrected chi connectivity index (χ4v) is 2.36. The third-order valence-electron chi connectivity index (χ3n) is 3.23. The Hall–Kier alpha value is -2.29. The summed E-state index contributed by atoms with van der Waals surface area (Å²) in [6.07, 6.45) is 2.93. The van der Waals surface area contributed by atoms with Crippen molar-refractivity contribution in [2.24, 2.45) is 0 Å². The fourth-order valence-electron chi connectivity index (χ4n) is 2.10. The molecular formula is C17H25N3O5S. The van der Waals surface area contributed by atoms with Gasteiger partial charge in [0.05, 0.1) is 12.1 Å². The zero-order chi connectivity index (χ0) is 19.9. The van der Waals surface area contributed by atoms with E-state index in [-0.39, 0.29) is 30.9 Å². The van der Waals surface area contributed by atoms with Crippen molar-refractivity contribution in [3.05, 3.63) is 22.6 Å². The van der Waals surface area contributed by atoms with Crippen molar-refractivity contribution in [2.75, 3.05) is 6.54 Å². The van der Waals surface area contributed by atoms with E-state index < -0.39 is 29.6 Å². The zero-order valence-electron chi connectivity index (χ0n) is 15.3. The summed E-state index contributed by atoms with van der Waals surface area (Å²) in [7, 11) is 0. The van der Waals surface area contributed by atoms with Crippen molar-refractivity contribution in [3.63, 3.8) is 0 Å². The van der Waals surface area contributed by atoms with Crippen LogP contribution in [0.1, 0.15) is 40.5 Å². The molecule has 0 aromatic rings. The lowest BCUT2D eigenvalue weighted by atomic mass is 10.1. The number of carbonyl (C=O) groups is 4. The van der Waals surface area contributed by atoms with Gasteiger partial charge in [-0.05, 0) is 34.1 Å². The molecule has 1 atom stereocenters. The average molecular weight is 383 g/mol. The minimum Gasteiger partial charge on any atom is -0.444 e. The van der Waals surface area contributed by atoms with Gasteiger partial charge in [0, 0.05) is 11.3 Å². The molecule has 0 aliphatic carbocycles. The number of nitrogens with one attached hydrogen (secondary N) is 3. The largest absolute Gasteiger partial charge is 0.444 e. The van der Waals surface area contributed by atoms with E-state index in [4.69, 9.17) is 4.74 Å². The Morgan fingerprint density at radius 2 is 2.00 bits per heavy atom. The minimum absolute atomic E-state index is 0.0134. The highest BCUT2D eigenvalue weighted by atomic mass is 32.1. The normalized spacial score (nSPS) is 18.9. The summed E-state index contributed by atoms with van der Waals surface area (Å²) in [5.41, 5.74) is -0.434. The van der Waals surface area contributed by atoms with Gasteiger partial charge in [-0.2, -0.15) is 0 Å². The van der Waals surface area contributed by atoms with Crippen molar-refractivity contribution in [2.45, 2.75) is 52.2 Å². The molecule has 0 spiro atoms. The molecule has 1 heterocycles. The molecule has 1 aliphatic heterocycles. The van der Waals surface area contributed by atoms with Crippen LogP contribution in [0.15, 0.2) is 22.6 Å². The summed E-state index contributed by atoms with van der Waals surface area (Å²) in [4.78, 5) is 47.4. The van der Waals surface area contributed by atoms with E-state index in [2.05, 4.69) is 28.6 Å². The summed E-state index contributed by atoms with van der Waals surface area (Å²) in [6.45, 7) is 6.93. The molecule has 1 aliphatic rings. The van der Waals surface area contributed by atoms with Crippen molar-refractivity contribution in [1.29, 1.82) is 0 Å². The van der Waals surface area contributed by atoms with Crippen molar-refractivity contribution >= 4 is 36.4 Å². The first-order valence-electron chi connectivity index (χ1n) is 8.19. The number of rotatable bonds is 5. The molecule has 3 N–H and O–H groups in total. The molecule has 4 amide bonds. The first kappa shape index (κ1) is 21.8. The van der Waals surface area contributed by atoms with Gasteiger partial charge in [-0.15, -0.1) is 12.6 Å². The zero-order valence-corrected chi connectivity index (χ0v) is 16.2. The van der Waals surface area contributed by atoms with Crippen LogP contribution < -0.4 is 16.0 Å². The van der Waals surface area contributed by atoms with Crippen LogP contribution in [0.25, 0.3) is 0 Å². The molecule has 1 rings (SSSR count). The predicted molar refractivity (Wildman–Crippen MR) is 99.4 cm³/mol. The number of carbonyl (C=O) groups excluding carboxylic acids is 4. The number of allylic oxidation sites excluding steroid dienone is 1. The SMILES string of the molecule is C/C=C\C(C(=O)NC1CCC(=O)NC1=O)=C(/S)CNC(=O)OC(C)(C)C. The molecule has 0 saturated carbocycles. The molecule has 9 heteroatoms. The van der Waals surface area contributed by atoms with Crippen LogP contribution in [-0.4, -0.2) is 42.0 Å². The summed E-state index contributed by atoms with van der Waals surface area (Å²) < 4.78 is 5.12. The van der Waals surface area contributed by atoms with E-state index in [1.807, 2.05) is 0 Å². The van der Waals surface area contributed by atoms with Gasteiger partial charge in [-0.1, -0.05) is 12.2 Å². The lowest BCUT2D eigenvalue weighted by Gasteiger charge is -2.22. The second kappa shape index (κ2) is 9.42. The van der Waals surface area contributed by atoms with Crippen molar-refractivity contribution in [1.82, 2.24) is 16.0 Å². The van der Waals surface area contributed by atoms with Gasteiger partial charge in [0.1, 0.15) is 11.6 Å². The third kappa shape index (κ3) is 7.30. The predicted octanol–water partition coefficient (Wildman–Crippen LogP) is 1.19. The van der Waals surface area contributed by atoms with E-state index in [0.717, 1.165) is 0 Å². The molecular weight excluding hydrogens is 358 g/mol. The summed E-state index contributed by atoms with van der Waals surface area (Å²) >= 11 is 4.28. The average Bonchev–Trinajstić information content (AvgIpc) is 2.51. The Labute approximate surface area is 158 Å². The Morgan fingerprint density at radius 1 is 1.35 bits per heavy atom. The van der Waals surface area contributed by atoms with Gasteiger partial charge in [-0.25, -0.2) is 4.79 Å². The first-order chi connectivity index (χ1) is 12.0. The van der Waals surface area contributed by atoms with Crippen LogP contribution in [-0.2, 0) is 19.1 Å². The van der Waals surface area contributed by atoms with Crippen LogP contribution in [0.5, 0.6) is 0 Å². The van der Waals surface area contributed by atoms with Crippen LogP contribution in [0.4, 0.5) is 4.79 Å². The Morgan fingerprint density at radius 3 is 2.54 bits per heavy atom. The number of amides is 4. The molecule has 0 bridgehead atoms. The monoisotopic (exact) mass is 383 g/mol. The number of ether oxygens (including phenoxy) is 1. The van der Waals surface area contributed by atoms with E-state index in [1.165, 1.54) is 6.08 Å². The van der Waals surface area contributed by atoms with E-state index in [0.29, 0.717) is 4.91 Å². The molecule has 8 nitrogen and oxygen atoms in total. The standard InChI is InChI=1S/C17H25N3O5S/c1-5-6-10(12(26)9-18-16(24)25-17(2,3)4)14(22)19-11-7-8-13(21)20-15(11)23/h5-6,11,26H,7-9H2,1-4H3,(H,18,24)(H,19,22)(H,20,21,23)/b6-5-,12-10+. The van der Waals surface area contributed by atoms with Crippen LogP contribution in [0.2, 0.25) is 0 Å². The number of imide groups is 1. The quantitative estimate of drug-likeness (QED) is 0.246. The highest BCUT2D eigenvalue weighted by Crippen LogP contribution is 2.13. The topological polar surface area (TPSA) is 114 Å². The molecule has 0 aromatic carbocycles. The number of alkyl carbamates (subject to hydrolysis) is 1.